The summed E-state index contributed by atoms with van der Waals surface area (Å²) in [5.41, 5.74) is 1.58. The molecule has 2 aliphatic carbocycles. The quantitative estimate of drug-likeness (QED) is 0.220. The number of methoxy groups -OCH3 is 1. The lowest BCUT2D eigenvalue weighted by Crippen LogP contribution is -2.35. The van der Waals surface area contributed by atoms with E-state index < -0.39 is 27.1 Å². The van der Waals surface area contributed by atoms with Crippen LogP contribution in [0.15, 0.2) is 72.0 Å². The molecule has 3 unspecified atom stereocenters. The number of allylic oxidation sites excluding steroid dienone is 4. The minimum atomic E-state index is -3.67. The van der Waals surface area contributed by atoms with Crippen molar-refractivity contribution < 1.29 is 27.5 Å². The third-order valence-electron chi connectivity index (χ3n) is 8.08. The smallest absolute Gasteiger partial charge is 0.296 e. The normalized spacial score (nSPS) is 17.8. The molecular formula is C36H48N6O6S. The third kappa shape index (κ3) is 9.57. The number of fused-ring (bicyclic) bond motifs is 1. The molecule has 49 heavy (non-hydrogen) atoms. The zero-order valence-electron chi connectivity index (χ0n) is 29.7. The fourth-order valence-corrected chi connectivity index (χ4v) is 6.23. The topological polar surface area (TPSA) is 152 Å². The molecule has 0 bridgehead atoms. The van der Waals surface area contributed by atoms with Crippen LogP contribution in [0, 0.1) is 5.92 Å². The molecule has 1 aromatic carbocycles. The largest absolute Gasteiger partial charge is 0.492 e. The van der Waals surface area contributed by atoms with Crippen LogP contribution in [-0.2, 0) is 29.8 Å². The van der Waals surface area contributed by atoms with Crippen molar-refractivity contribution in [2.45, 2.75) is 71.6 Å². The Morgan fingerprint density at radius 3 is 2.43 bits per heavy atom. The highest BCUT2D eigenvalue weighted by Gasteiger charge is 2.32. The van der Waals surface area contributed by atoms with Crippen molar-refractivity contribution in [3.05, 3.63) is 77.6 Å². The molecule has 264 valence electrons. The van der Waals surface area contributed by atoms with Crippen molar-refractivity contribution >= 4 is 44.9 Å². The number of hydrogen-bond acceptors (Lipinski definition) is 10. The van der Waals surface area contributed by atoms with Gasteiger partial charge in [0.25, 0.3) is 11.7 Å². The van der Waals surface area contributed by atoms with Crippen molar-refractivity contribution in [1.29, 1.82) is 0 Å². The Hall–Kier alpha value is -4.49. The zero-order valence-corrected chi connectivity index (χ0v) is 30.5. The first-order valence-corrected chi connectivity index (χ1v) is 18.2. The van der Waals surface area contributed by atoms with Gasteiger partial charge in [-0.15, -0.1) is 0 Å². The van der Waals surface area contributed by atoms with Gasteiger partial charge < -0.3 is 25.0 Å². The summed E-state index contributed by atoms with van der Waals surface area (Å²) < 4.78 is 38.2. The van der Waals surface area contributed by atoms with Crippen LogP contribution in [-0.4, -0.2) is 75.3 Å². The van der Waals surface area contributed by atoms with Crippen LogP contribution in [0.25, 0.3) is 0 Å². The number of carbonyl (C=O) groups is 2. The maximum Gasteiger partial charge on any atom is 0.296 e. The Morgan fingerprint density at radius 1 is 1.08 bits per heavy atom. The molecule has 3 N–H and O–H groups in total. The van der Waals surface area contributed by atoms with Crippen molar-refractivity contribution in [2.24, 2.45) is 5.92 Å². The second-order valence-electron chi connectivity index (χ2n) is 13.5. The summed E-state index contributed by atoms with van der Waals surface area (Å²) in [4.78, 5) is 38.4. The molecule has 2 aromatic rings. The third-order valence-corrected chi connectivity index (χ3v) is 8.67. The number of ether oxygens (including phenoxy) is 2. The Balaban J connectivity index is 1.56. The van der Waals surface area contributed by atoms with Gasteiger partial charge in [0.2, 0.25) is 16.0 Å². The van der Waals surface area contributed by atoms with Crippen LogP contribution in [0.5, 0.6) is 5.75 Å². The summed E-state index contributed by atoms with van der Waals surface area (Å²) in [5, 5.41) is 6.15. The van der Waals surface area contributed by atoms with E-state index in [0.29, 0.717) is 23.9 Å². The molecule has 0 aliphatic heterocycles. The number of ketones is 1. The van der Waals surface area contributed by atoms with Crippen LogP contribution in [0.3, 0.4) is 0 Å². The molecule has 1 heterocycles. The first-order chi connectivity index (χ1) is 23.0. The molecule has 0 spiro atoms. The molecule has 2 aliphatic rings. The maximum atomic E-state index is 13.7. The molecule has 0 fully saturated rings. The number of likely N-dealkylation sites (N-methyl/N-ethyl adjacent to an activating group) is 1. The number of aromatic nitrogens is 2. The van der Waals surface area contributed by atoms with E-state index in [9.17, 15) is 18.0 Å². The monoisotopic (exact) mass is 692 g/mol. The molecule has 0 saturated carbocycles. The molecule has 0 saturated heterocycles. The van der Waals surface area contributed by atoms with Gasteiger partial charge in [-0.25, -0.2) is 13.4 Å². The van der Waals surface area contributed by atoms with Gasteiger partial charge in [0.15, 0.2) is 5.75 Å². The van der Waals surface area contributed by atoms with Crippen LogP contribution < -0.4 is 25.0 Å². The molecule has 13 heteroatoms. The maximum absolute atomic E-state index is 13.7. The lowest BCUT2D eigenvalue weighted by atomic mass is 9.79. The van der Waals surface area contributed by atoms with E-state index in [1.165, 1.54) is 7.11 Å². The second kappa shape index (κ2) is 15.4. The number of amides is 1. The molecule has 1 aromatic heterocycles. The summed E-state index contributed by atoms with van der Waals surface area (Å²) in [6, 6.07) is 4.87. The van der Waals surface area contributed by atoms with Crippen molar-refractivity contribution in [3.8, 4) is 5.75 Å². The zero-order chi connectivity index (χ0) is 36.1. The van der Waals surface area contributed by atoms with Crippen molar-refractivity contribution in [2.75, 3.05) is 47.2 Å². The lowest BCUT2D eigenvalue weighted by molar-refractivity contribution is -0.132. The molecule has 0 radical (unpaired) electrons. The summed E-state index contributed by atoms with van der Waals surface area (Å²) in [6.07, 6.45) is 14.8. The number of nitrogens with zero attached hydrogens (tertiary/aromatic N) is 3. The Labute approximate surface area is 289 Å². The van der Waals surface area contributed by atoms with E-state index in [0.717, 1.165) is 18.2 Å². The Bertz CT molecular complexity index is 1790. The highest BCUT2D eigenvalue weighted by Crippen LogP contribution is 2.39. The van der Waals surface area contributed by atoms with E-state index >= 15 is 0 Å². The average molecular weight is 693 g/mol. The average Bonchev–Trinajstić information content (AvgIpc) is 3.02. The number of benzene rings is 1. The second-order valence-corrected chi connectivity index (χ2v) is 15.3. The van der Waals surface area contributed by atoms with Gasteiger partial charge >= 0.3 is 0 Å². The highest BCUT2D eigenvalue weighted by atomic mass is 32.2. The van der Waals surface area contributed by atoms with Gasteiger partial charge in [-0.3, -0.25) is 14.3 Å². The number of nitrogens with one attached hydrogen (secondary N) is 3. The van der Waals surface area contributed by atoms with Crippen molar-refractivity contribution in [1.82, 2.24) is 9.97 Å². The number of sulfonamides is 1. The first-order valence-electron chi connectivity index (χ1n) is 16.3. The Morgan fingerprint density at radius 2 is 1.80 bits per heavy atom. The predicted molar refractivity (Wildman–Crippen MR) is 195 cm³/mol. The van der Waals surface area contributed by atoms with E-state index in [2.05, 4.69) is 27.3 Å². The SMILES string of the molecule is CCC(CN(C)c1nccc(NC2C=CC(C(=O)C(=O)Nc3cc(C(C)(C)C)cc(NS(C)(=O)=O)c3OC)=C3C=CC=CC32)n1)OC(C)C. The number of hydrogen-bond donors (Lipinski definition) is 3. The minimum absolute atomic E-state index is 0.0428. The van der Waals surface area contributed by atoms with E-state index in [-0.39, 0.29) is 46.9 Å². The van der Waals surface area contributed by atoms with Crippen LogP contribution in [0.1, 0.15) is 53.5 Å². The van der Waals surface area contributed by atoms with E-state index in [4.69, 9.17) is 14.5 Å². The highest BCUT2D eigenvalue weighted by molar-refractivity contribution is 7.92. The van der Waals surface area contributed by atoms with Crippen LogP contribution in [0.4, 0.5) is 23.1 Å². The number of Topliss-reactive ketones (excluding diaryl/α,β-unsaturated/α-hetero) is 1. The van der Waals surface area contributed by atoms with Crippen LogP contribution in [0.2, 0.25) is 0 Å². The molecule has 12 nitrogen and oxygen atoms in total. The van der Waals surface area contributed by atoms with Gasteiger partial charge in [-0.05, 0) is 55.0 Å². The molecule has 4 rings (SSSR count). The summed E-state index contributed by atoms with van der Waals surface area (Å²) in [7, 11) is -0.372. The van der Waals surface area contributed by atoms with Gasteiger partial charge in [-0.1, -0.05) is 64.2 Å². The summed E-state index contributed by atoms with van der Waals surface area (Å²) in [5.74, 6) is -0.624. The van der Waals surface area contributed by atoms with E-state index in [1.54, 1.807) is 30.5 Å². The molecular weight excluding hydrogens is 644 g/mol. The summed E-state index contributed by atoms with van der Waals surface area (Å²) >= 11 is 0. The van der Waals surface area contributed by atoms with Crippen molar-refractivity contribution in [3.63, 3.8) is 0 Å². The Kier molecular flexibility index (Phi) is 11.7. The standard InChI is InChI=1S/C36H48N6O6S/c1-10-24(48-22(2)3)21-42(7)35-37-18-17-31(40-35)38-28-16-15-27(25-13-11-12-14-26(25)28)32(43)34(44)39-29-19-23(36(4,5)6)20-30(33(29)47-8)41-49(9,45)46/h11-20,22,24,26,28,41H,10,21H2,1-9H3,(H,39,44)(H,37,38,40). The fraction of sp³-hybridized carbons (Fsp3) is 0.444. The number of carbonyl (C=O) groups excluding carboxylic acids is 2. The number of rotatable bonds is 14. The van der Waals surface area contributed by atoms with Gasteiger partial charge in [0, 0.05) is 31.3 Å². The number of anilines is 4. The van der Waals surface area contributed by atoms with E-state index in [1.807, 2.05) is 76.9 Å². The summed E-state index contributed by atoms with van der Waals surface area (Å²) in [6.45, 7) is 12.6. The van der Waals surface area contributed by atoms with Gasteiger partial charge in [-0.2, -0.15) is 4.98 Å². The lowest BCUT2D eigenvalue weighted by Gasteiger charge is -2.31. The van der Waals surface area contributed by atoms with Gasteiger partial charge in [0.1, 0.15) is 5.82 Å². The predicted octanol–water partition coefficient (Wildman–Crippen LogP) is 5.39. The minimum Gasteiger partial charge on any atom is -0.492 e. The molecule has 1 amide bonds. The first kappa shape index (κ1) is 37.3. The van der Waals surface area contributed by atoms with Gasteiger partial charge in [0.05, 0.1) is 43.0 Å². The fourth-order valence-electron chi connectivity index (χ4n) is 5.68. The van der Waals surface area contributed by atoms with Crippen LogP contribution >= 0.6 is 0 Å². The molecule has 3 atom stereocenters.